The van der Waals surface area contributed by atoms with Gasteiger partial charge in [0.05, 0.1) is 10.5 Å². The highest BCUT2D eigenvalue weighted by Gasteiger charge is 2.10. The number of hydrogen-bond acceptors (Lipinski definition) is 5. The molecule has 6 heteroatoms. The molecule has 0 radical (unpaired) electrons. The number of anilines is 1. The molecule has 18 heavy (non-hydrogen) atoms. The Morgan fingerprint density at radius 2 is 2.06 bits per heavy atom. The van der Waals surface area contributed by atoms with Gasteiger partial charge in [0.2, 0.25) is 0 Å². The van der Waals surface area contributed by atoms with Crippen LogP contribution in [-0.4, -0.2) is 15.0 Å². The summed E-state index contributed by atoms with van der Waals surface area (Å²) in [6.45, 7) is 1.94. The first-order chi connectivity index (χ1) is 8.63. The molecule has 0 atom stereocenters. The number of hydrogen-bond donors (Lipinski definition) is 1. The predicted molar refractivity (Wildman–Crippen MR) is 74.8 cm³/mol. The lowest BCUT2D eigenvalue weighted by atomic mass is 10.2. The maximum Gasteiger partial charge on any atom is 0.181 e. The number of nitrogens with two attached hydrogens (primary N) is 1. The molecule has 0 bridgehead atoms. The summed E-state index contributed by atoms with van der Waals surface area (Å²) in [6, 6.07) is 5.38. The van der Waals surface area contributed by atoms with Gasteiger partial charge in [-0.25, -0.2) is 15.0 Å². The Kier molecular flexibility index (Phi) is 2.65. The number of fused-ring (bicyclic) bond motifs is 1. The Labute approximate surface area is 112 Å². The normalized spacial score (nSPS) is 11.0. The third-order valence-corrected chi connectivity index (χ3v) is 3.54. The van der Waals surface area contributed by atoms with E-state index < -0.39 is 0 Å². The molecule has 0 fully saturated rings. The fourth-order valence-electron chi connectivity index (χ4n) is 1.71. The van der Waals surface area contributed by atoms with Crippen LogP contribution in [0.15, 0.2) is 23.6 Å². The van der Waals surface area contributed by atoms with Crippen molar-refractivity contribution in [3.8, 4) is 11.5 Å². The summed E-state index contributed by atoms with van der Waals surface area (Å²) in [5.41, 5.74) is 7.46. The largest absolute Gasteiger partial charge is 0.383 e. The molecule has 1 aromatic carbocycles. The summed E-state index contributed by atoms with van der Waals surface area (Å²) >= 11 is 7.49. The fraction of sp³-hybridized carbons (Fsp3) is 0.0833. The molecule has 90 valence electrons. The summed E-state index contributed by atoms with van der Waals surface area (Å²) in [6.07, 6.45) is 0. The van der Waals surface area contributed by atoms with Crippen LogP contribution in [0.4, 0.5) is 5.82 Å². The second-order valence-electron chi connectivity index (χ2n) is 3.85. The molecular weight excluding hydrogens is 268 g/mol. The number of nitrogens with zero attached hydrogens (tertiary/aromatic N) is 3. The number of halogens is 1. The zero-order valence-electron chi connectivity index (χ0n) is 9.51. The van der Waals surface area contributed by atoms with Gasteiger partial charge in [-0.05, 0) is 25.1 Å². The monoisotopic (exact) mass is 276 g/mol. The third kappa shape index (κ3) is 1.91. The van der Waals surface area contributed by atoms with Crippen LogP contribution in [0, 0.1) is 6.92 Å². The van der Waals surface area contributed by atoms with Crippen molar-refractivity contribution in [2.75, 3.05) is 5.73 Å². The number of aromatic nitrogens is 3. The van der Waals surface area contributed by atoms with Gasteiger partial charge in [0.1, 0.15) is 11.5 Å². The smallest absolute Gasteiger partial charge is 0.181 e. The van der Waals surface area contributed by atoms with E-state index in [2.05, 4.69) is 15.0 Å². The minimum atomic E-state index is 0.420. The van der Waals surface area contributed by atoms with E-state index in [4.69, 9.17) is 17.3 Å². The van der Waals surface area contributed by atoms with Crippen LogP contribution in [0.2, 0.25) is 5.02 Å². The van der Waals surface area contributed by atoms with Crippen molar-refractivity contribution in [1.82, 2.24) is 15.0 Å². The molecule has 0 saturated carbocycles. The molecular formula is C12H9ClN4S. The molecule has 0 saturated heterocycles. The number of rotatable bonds is 1. The standard InChI is InChI=1S/C12H9ClN4S/c1-6-15-10(5-18-6)12-16-9-3-2-7(13)4-8(9)11(14)17-12/h2-5H,1H3,(H2,14,16,17). The number of benzene rings is 1. The highest BCUT2D eigenvalue weighted by atomic mass is 35.5. The van der Waals surface area contributed by atoms with Crippen LogP contribution in [0.1, 0.15) is 5.01 Å². The number of aryl methyl sites for hydroxylation is 1. The zero-order chi connectivity index (χ0) is 12.7. The lowest BCUT2D eigenvalue weighted by molar-refractivity contribution is 1.18. The molecule has 0 aliphatic heterocycles. The molecule has 2 N–H and O–H groups in total. The molecule has 0 amide bonds. The minimum absolute atomic E-state index is 0.420. The molecule has 2 aromatic heterocycles. The van der Waals surface area contributed by atoms with Crippen LogP contribution >= 0.6 is 22.9 Å². The average molecular weight is 277 g/mol. The summed E-state index contributed by atoms with van der Waals surface area (Å²) in [5.74, 6) is 0.967. The second-order valence-corrected chi connectivity index (χ2v) is 5.34. The topological polar surface area (TPSA) is 64.7 Å². The van der Waals surface area contributed by atoms with Gasteiger partial charge in [0, 0.05) is 15.8 Å². The molecule has 0 unspecified atom stereocenters. The minimum Gasteiger partial charge on any atom is -0.383 e. The van der Waals surface area contributed by atoms with Crippen molar-refractivity contribution in [3.05, 3.63) is 33.6 Å². The predicted octanol–water partition coefficient (Wildman–Crippen LogP) is 3.30. The lowest BCUT2D eigenvalue weighted by Gasteiger charge is -2.03. The SMILES string of the molecule is Cc1nc(-c2nc(N)c3cc(Cl)ccc3n2)cs1. The first kappa shape index (κ1) is 11.4. The van der Waals surface area contributed by atoms with Crippen LogP contribution in [0.5, 0.6) is 0 Å². The van der Waals surface area contributed by atoms with E-state index in [-0.39, 0.29) is 0 Å². The maximum atomic E-state index is 5.94. The van der Waals surface area contributed by atoms with E-state index >= 15 is 0 Å². The molecule has 3 rings (SSSR count). The van der Waals surface area contributed by atoms with Gasteiger partial charge in [-0.3, -0.25) is 0 Å². The van der Waals surface area contributed by atoms with Gasteiger partial charge in [-0.15, -0.1) is 11.3 Å². The van der Waals surface area contributed by atoms with Crippen molar-refractivity contribution in [2.24, 2.45) is 0 Å². The first-order valence-electron chi connectivity index (χ1n) is 5.29. The van der Waals surface area contributed by atoms with Crippen molar-refractivity contribution < 1.29 is 0 Å². The highest BCUT2D eigenvalue weighted by molar-refractivity contribution is 7.09. The van der Waals surface area contributed by atoms with E-state index in [9.17, 15) is 0 Å². The zero-order valence-corrected chi connectivity index (χ0v) is 11.1. The lowest BCUT2D eigenvalue weighted by Crippen LogP contribution is -1.98. The van der Waals surface area contributed by atoms with Gasteiger partial charge in [0.15, 0.2) is 5.82 Å². The Hall–Kier alpha value is -1.72. The summed E-state index contributed by atoms with van der Waals surface area (Å²) in [5, 5.41) is 4.28. The Morgan fingerprint density at radius 3 is 2.78 bits per heavy atom. The van der Waals surface area contributed by atoms with Crippen LogP contribution in [0.25, 0.3) is 22.4 Å². The molecule has 0 aliphatic rings. The van der Waals surface area contributed by atoms with Gasteiger partial charge >= 0.3 is 0 Å². The summed E-state index contributed by atoms with van der Waals surface area (Å²) < 4.78 is 0. The first-order valence-corrected chi connectivity index (χ1v) is 6.54. The Bertz CT molecular complexity index is 738. The average Bonchev–Trinajstić information content (AvgIpc) is 2.77. The quantitative estimate of drug-likeness (QED) is 0.741. The summed E-state index contributed by atoms with van der Waals surface area (Å²) in [4.78, 5) is 13.1. The maximum absolute atomic E-state index is 5.94. The van der Waals surface area contributed by atoms with Crippen molar-refractivity contribution >= 4 is 39.7 Å². The molecule has 4 nitrogen and oxygen atoms in total. The van der Waals surface area contributed by atoms with Crippen LogP contribution in [0.3, 0.4) is 0 Å². The Balaban J connectivity index is 2.24. The van der Waals surface area contributed by atoms with E-state index in [1.165, 1.54) is 0 Å². The van der Waals surface area contributed by atoms with Crippen LogP contribution < -0.4 is 5.73 Å². The van der Waals surface area contributed by atoms with Crippen LogP contribution in [-0.2, 0) is 0 Å². The van der Waals surface area contributed by atoms with E-state index in [1.54, 1.807) is 23.5 Å². The Morgan fingerprint density at radius 1 is 1.22 bits per heavy atom. The molecule has 3 aromatic rings. The van der Waals surface area contributed by atoms with Crippen molar-refractivity contribution in [1.29, 1.82) is 0 Å². The van der Waals surface area contributed by atoms with Gasteiger partial charge < -0.3 is 5.73 Å². The molecule has 0 aliphatic carbocycles. The second kappa shape index (κ2) is 4.19. The van der Waals surface area contributed by atoms with E-state index in [0.29, 0.717) is 16.7 Å². The van der Waals surface area contributed by atoms with Gasteiger partial charge in [-0.2, -0.15) is 0 Å². The molecule has 0 spiro atoms. The summed E-state index contributed by atoms with van der Waals surface area (Å²) in [7, 11) is 0. The molecule has 2 heterocycles. The van der Waals surface area contributed by atoms with Gasteiger partial charge in [-0.1, -0.05) is 11.6 Å². The van der Waals surface area contributed by atoms with Crippen molar-refractivity contribution in [2.45, 2.75) is 6.92 Å². The highest BCUT2D eigenvalue weighted by Crippen LogP contribution is 2.26. The third-order valence-electron chi connectivity index (χ3n) is 2.54. The van der Waals surface area contributed by atoms with Gasteiger partial charge in [0.25, 0.3) is 0 Å². The number of nitrogen functional groups attached to an aromatic ring is 1. The van der Waals surface area contributed by atoms with Crippen molar-refractivity contribution in [3.63, 3.8) is 0 Å². The fourth-order valence-corrected chi connectivity index (χ4v) is 2.47. The van der Waals surface area contributed by atoms with E-state index in [1.807, 2.05) is 18.4 Å². The van der Waals surface area contributed by atoms with E-state index in [0.717, 1.165) is 21.6 Å². The number of thiazole rings is 1.